The maximum absolute atomic E-state index is 11.3. The molecule has 0 spiro atoms. The summed E-state index contributed by atoms with van der Waals surface area (Å²) in [4.78, 5) is 33.3. The molecule has 1 atom stereocenters. The molecule has 1 N–H and O–H groups in total. The molecule has 0 bridgehead atoms. The van der Waals surface area contributed by atoms with Crippen LogP contribution in [0.25, 0.3) is 0 Å². The number of ether oxygens (including phenoxy) is 1. The van der Waals surface area contributed by atoms with Gasteiger partial charge in [-0.15, -0.1) is 0 Å². The van der Waals surface area contributed by atoms with E-state index >= 15 is 0 Å². The van der Waals surface area contributed by atoms with Gasteiger partial charge in [0.2, 0.25) is 5.91 Å². The molecule has 0 aromatic rings. The molecule has 5 nitrogen and oxygen atoms in total. The Morgan fingerprint density at radius 1 is 1.43 bits per heavy atom. The van der Waals surface area contributed by atoms with E-state index in [1.807, 2.05) is 5.32 Å². The summed E-state index contributed by atoms with van der Waals surface area (Å²) in [5, 5.41) is 2.01. The largest absolute Gasteiger partial charge is 0.453 e. The van der Waals surface area contributed by atoms with Gasteiger partial charge in [-0.25, -0.2) is 4.79 Å². The van der Waals surface area contributed by atoms with Gasteiger partial charge in [-0.3, -0.25) is 14.9 Å². The second-order valence-electron chi connectivity index (χ2n) is 3.25. The van der Waals surface area contributed by atoms with Crippen LogP contribution in [0.15, 0.2) is 0 Å². The average Bonchev–Trinajstić information content (AvgIpc) is 2.18. The first-order valence-corrected chi connectivity index (χ1v) is 4.56. The Balaban J connectivity index is 2.50. The van der Waals surface area contributed by atoms with Gasteiger partial charge in [-0.2, -0.15) is 0 Å². The minimum atomic E-state index is -0.812. The zero-order chi connectivity index (χ0) is 10.6. The first-order chi connectivity index (χ1) is 6.65. The number of rotatable bonds is 1. The summed E-state index contributed by atoms with van der Waals surface area (Å²) in [5.41, 5.74) is 0. The summed E-state index contributed by atoms with van der Waals surface area (Å²) >= 11 is 0. The van der Waals surface area contributed by atoms with Crippen molar-refractivity contribution in [2.45, 2.75) is 25.7 Å². The SMILES string of the molecule is COC(=O)NC(=O)[C@H]1CCCCC1=O. The van der Waals surface area contributed by atoms with E-state index in [4.69, 9.17) is 0 Å². The summed E-state index contributed by atoms with van der Waals surface area (Å²) in [6, 6.07) is 0. The van der Waals surface area contributed by atoms with Crippen LogP contribution in [0.2, 0.25) is 0 Å². The molecule has 1 saturated carbocycles. The summed E-state index contributed by atoms with van der Waals surface area (Å²) in [6.07, 6.45) is 1.83. The molecule has 0 radical (unpaired) electrons. The lowest BCUT2D eigenvalue weighted by atomic mass is 9.87. The van der Waals surface area contributed by atoms with E-state index in [1.54, 1.807) is 0 Å². The molecule has 1 aliphatic rings. The van der Waals surface area contributed by atoms with Gasteiger partial charge in [0.1, 0.15) is 5.78 Å². The Morgan fingerprint density at radius 3 is 2.71 bits per heavy atom. The van der Waals surface area contributed by atoms with E-state index in [0.717, 1.165) is 12.8 Å². The number of imide groups is 1. The van der Waals surface area contributed by atoms with Crippen LogP contribution in [0, 0.1) is 5.92 Å². The van der Waals surface area contributed by atoms with Gasteiger partial charge in [0.25, 0.3) is 0 Å². The Hall–Kier alpha value is -1.39. The van der Waals surface area contributed by atoms with Gasteiger partial charge in [-0.1, -0.05) is 6.42 Å². The minimum absolute atomic E-state index is 0.0855. The molecule has 2 amide bonds. The van der Waals surface area contributed by atoms with Crippen LogP contribution in [0.1, 0.15) is 25.7 Å². The summed E-state index contributed by atoms with van der Waals surface area (Å²) in [6.45, 7) is 0. The van der Waals surface area contributed by atoms with E-state index in [0.29, 0.717) is 12.8 Å². The highest BCUT2D eigenvalue weighted by molar-refractivity contribution is 6.06. The maximum Gasteiger partial charge on any atom is 0.413 e. The molecular weight excluding hydrogens is 186 g/mol. The Labute approximate surface area is 81.8 Å². The molecule has 0 unspecified atom stereocenters. The smallest absolute Gasteiger partial charge is 0.413 e. The lowest BCUT2D eigenvalue weighted by Crippen LogP contribution is -2.40. The highest BCUT2D eigenvalue weighted by Crippen LogP contribution is 2.20. The molecule has 1 fully saturated rings. The standard InChI is InChI=1S/C9H13NO4/c1-14-9(13)10-8(12)6-4-2-3-5-7(6)11/h6H,2-5H2,1H3,(H,10,12,13)/t6-/m0/s1. The number of hydrogen-bond donors (Lipinski definition) is 1. The number of Topliss-reactive ketones (excluding diaryl/α,β-unsaturated/α-hetero) is 1. The van der Waals surface area contributed by atoms with E-state index in [2.05, 4.69) is 4.74 Å². The van der Waals surface area contributed by atoms with Crippen LogP contribution in [-0.4, -0.2) is 24.9 Å². The third-order valence-electron chi connectivity index (χ3n) is 2.28. The zero-order valence-electron chi connectivity index (χ0n) is 8.04. The van der Waals surface area contributed by atoms with Crippen LogP contribution < -0.4 is 5.32 Å². The Bertz CT molecular complexity index is 262. The number of carbonyl (C=O) groups is 3. The first kappa shape index (κ1) is 10.7. The van der Waals surface area contributed by atoms with Gasteiger partial charge >= 0.3 is 6.09 Å². The molecule has 0 aromatic carbocycles. The fraction of sp³-hybridized carbons (Fsp3) is 0.667. The van der Waals surface area contributed by atoms with Gasteiger partial charge < -0.3 is 4.74 Å². The fourth-order valence-corrected chi connectivity index (χ4v) is 1.50. The number of ketones is 1. The lowest BCUT2D eigenvalue weighted by molar-refractivity contribution is -0.135. The number of carbonyl (C=O) groups excluding carboxylic acids is 3. The van der Waals surface area contributed by atoms with Crippen molar-refractivity contribution in [3.05, 3.63) is 0 Å². The van der Waals surface area contributed by atoms with Gasteiger partial charge in [0.05, 0.1) is 13.0 Å². The fourth-order valence-electron chi connectivity index (χ4n) is 1.50. The molecule has 78 valence electrons. The number of methoxy groups -OCH3 is 1. The molecule has 0 heterocycles. The molecule has 14 heavy (non-hydrogen) atoms. The molecule has 0 aromatic heterocycles. The monoisotopic (exact) mass is 199 g/mol. The van der Waals surface area contributed by atoms with Crippen LogP contribution in [0.3, 0.4) is 0 Å². The van der Waals surface area contributed by atoms with E-state index < -0.39 is 17.9 Å². The molecule has 1 aliphatic carbocycles. The van der Waals surface area contributed by atoms with E-state index in [1.165, 1.54) is 7.11 Å². The van der Waals surface area contributed by atoms with Crippen LogP contribution in [0.5, 0.6) is 0 Å². The Morgan fingerprint density at radius 2 is 2.14 bits per heavy atom. The molecule has 1 rings (SSSR count). The van der Waals surface area contributed by atoms with Crippen molar-refractivity contribution in [1.29, 1.82) is 0 Å². The molecular formula is C9H13NO4. The highest BCUT2D eigenvalue weighted by atomic mass is 16.5. The third-order valence-corrected chi connectivity index (χ3v) is 2.28. The second-order valence-corrected chi connectivity index (χ2v) is 3.25. The lowest BCUT2D eigenvalue weighted by Gasteiger charge is -2.18. The van der Waals surface area contributed by atoms with Crippen molar-refractivity contribution in [3.8, 4) is 0 Å². The normalized spacial score (nSPS) is 21.5. The molecule has 0 saturated heterocycles. The number of alkyl carbamates (subject to hydrolysis) is 1. The summed E-state index contributed by atoms with van der Waals surface area (Å²) in [5.74, 6) is -1.29. The van der Waals surface area contributed by atoms with Crippen molar-refractivity contribution >= 4 is 17.8 Å². The van der Waals surface area contributed by atoms with E-state index in [-0.39, 0.29) is 5.78 Å². The van der Waals surface area contributed by atoms with Crippen LogP contribution in [-0.2, 0) is 14.3 Å². The first-order valence-electron chi connectivity index (χ1n) is 4.56. The maximum atomic E-state index is 11.3. The topological polar surface area (TPSA) is 72.5 Å². The Kier molecular flexibility index (Phi) is 3.62. The third kappa shape index (κ3) is 2.55. The van der Waals surface area contributed by atoms with Crippen molar-refractivity contribution in [3.63, 3.8) is 0 Å². The second kappa shape index (κ2) is 4.74. The number of hydrogen-bond acceptors (Lipinski definition) is 4. The predicted molar refractivity (Wildman–Crippen MR) is 47.5 cm³/mol. The van der Waals surface area contributed by atoms with Gasteiger partial charge in [0.15, 0.2) is 0 Å². The molecule has 5 heteroatoms. The number of amides is 2. The van der Waals surface area contributed by atoms with E-state index in [9.17, 15) is 14.4 Å². The van der Waals surface area contributed by atoms with Crippen LogP contribution >= 0.6 is 0 Å². The van der Waals surface area contributed by atoms with Crippen LogP contribution in [0.4, 0.5) is 4.79 Å². The van der Waals surface area contributed by atoms with Crippen molar-refractivity contribution < 1.29 is 19.1 Å². The predicted octanol–water partition coefficient (Wildman–Crippen LogP) is 0.628. The number of nitrogens with one attached hydrogen (secondary N) is 1. The average molecular weight is 199 g/mol. The van der Waals surface area contributed by atoms with Gasteiger partial charge in [-0.05, 0) is 12.8 Å². The highest BCUT2D eigenvalue weighted by Gasteiger charge is 2.29. The minimum Gasteiger partial charge on any atom is -0.453 e. The van der Waals surface area contributed by atoms with Crippen molar-refractivity contribution in [1.82, 2.24) is 5.32 Å². The summed E-state index contributed by atoms with van der Waals surface area (Å²) < 4.78 is 4.26. The quantitative estimate of drug-likeness (QED) is 0.628. The zero-order valence-corrected chi connectivity index (χ0v) is 8.04. The van der Waals surface area contributed by atoms with Crippen molar-refractivity contribution in [2.75, 3.05) is 7.11 Å². The van der Waals surface area contributed by atoms with Gasteiger partial charge in [0, 0.05) is 6.42 Å². The van der Waals surface area contributed by atoms with Crippen molar-refractivity contribution in [2.24, 2.45) is 5.92 Å². The molecule has 0 aliphatic heterocycles. The summed E-state index contributed by atoms with van der Waals surface area (Å²) in [7, 11) is 1.17.